The van der Waals surface area contributed by atoms with Gasteiger partial charge in [-0.1, -0.05) is 13.5 Å². The largest absolute Gasteiger partial charge is 0.479 e. The summed E-state index contributed by atoms with van der Waals surface area (Å²) in [6.07, 6.45) is 1.87. The summed E-state index contributed by atoms with van der Waals surface area (Å²) in [6.45, 7) is 6.97. The molecule has 3 aliphatic rings. The molecule has 3 unspecified atom stereocenters. The summed E-state index contributed by atoms with van der Waals surface area (Å²) in [7, 11) is 0. The molecule has 30 heavy (non-hydrogen) atoms. The second-order valence-corrected chi connectivity index (χ2v) is 7.48. The summed E-state index contributed by atoms with van der Waals surface area (Å²) in [6, 6.07) is 0. The van der Waals surface area contributed by atoms with Crippen LogP contribution in [-0.4, -0.2) is 53.7 Å². The smallest absolute Gasteiger partial charge is 0.343 e. The van der Waals surface area contributed by atoms with Crippen LogP contribution in [0.25, 0.3) is 0 Å². The van der Waals surface area contributed by atoms with Gasteiger partial charge >= 0.3 is 17.9 Å². The lowest BCUT2D eigenvalue weighted by Crippen LogP contribution is -2.31. The maximum atomic E-state index is 12.5. The Morgan fingerprint density at radius 3 is 2.70 bits per heavy atom. The van der Waals surface area contributed by atoms with Crippen LogP contribution in [0.4, 0.5) is 0 Å². The molecule has 0 amide bonds. The molecule has 0 saturated heterocycles. The first-order chi connectivity index (χ1) is 14.1. The van der Waals surface area contributed by atoms with Gasteiger partial charge < -0.3 is 24.1 Å². The molecule has 2 bridgehead atoms. The fraction of sp³-hybridized carbons (Fsp3) is 0.429. The maximum absolute atomic E-state index is 12.5. The summed E-state index contributed by atoms with van der Waals surface area (Å²) < 4.78 is 21.7. The van der Waals surface area contributed by atoms with Gasteiger partial charge in [0.05, 0.1) is 17.8 Å². The lowest BCUT2D eigenvalue weighted by atomic mass is 9.90. The number of hydrogen-bond acceptors (Lipinski definition) is 9. The average molecular weight is 418 g/mol. The van der Waals surface area contributed by atoms with Gasteiger partial charge in [-0.05, 0) is 13.3 Å². The Labute approximate surface area is 172 Å². The number of hydrogen-bond donors (Lipinski definition) is 1. The SMILES string of the molecule is C=C(CO)C(=O)OC1CC(C)C2=CC(=O)C(C)(C=C3OC(=O)C(COC(C)=O)=C31)O2. The van der Waals surface area contributed by atoms with E-state index in [2.05, 4.69) is 6.58 Å². The molecule has 0 radical (unpaired) electrons. The number of esters is 3. The molecular formula is C21H22O9. The molecule has 160 valence electrons. The second kappa shape index (κ2) is 7.91. The molecule has 1 N–H and O–H groups in total. The zero-order valence-corrected chi connectivity index (χ0v) is 16.9. The highest BCUT2D eigenvalue weighted by Crippen LogP contribution is 2.42. The van der Waals surface area contributed by atoms with Crippen molar-refractivity contribution in [2.24, 2.45) is 5.92 Å². The van der Waals surface area contributed by atoms with Crippen molar-refractivity contribution in [3.8, 4) is 0 Å². The molecule has 3 rings (SSSR count). The molecule has 0 aromatic heterocycles. The Morgan fingerprint density at radius 1 is 1.37 bits per heavy atom. The van der Waals surface area contributed by atoms with Crippen LogP contribution in [0.15, 0.2) is 47.0 Å². The predicted octanol–water partition coefficient (Wildman–Crippen LogP) is 1.03. The van der Waals surface area contributed by atoms with Gasteiger partial charge in [0.15, 0.2) is 5.60 Å². The van der Waals surface area contributed by atoms with Gasteiger partial charge in [0.25, 0.3) is 0 Å². The number of ether oxygens (including phenoxy) is 4. The third-order valence-corrected chi connectivity index (χ3v) is 5.06. The van der Waals surface area contributed by atoms with Crippen molar-refractivity contribution in [3.63, 3.8) is 0 Å². The quantitative estimate of drug-likeness (QED) is 0.396. The van der Waals surface area contributed by atoms with Crippen LogP contribution >= 0.6 is 0 Å². The van der Waals surface area contributed by atoms with Crippen LogP contribution in [0.2, 0.25) is 0 Å². The van der Waals surface area contributed by atoms with E-state index in [4.69, 9.17) is 18.9 Å². The number of carbonyl (C=O) groups is 4. The standard InChI is InChI=1S/C21H22O9/c1-10-5-15(28-19(25)11(2)8-22)18-13(9-27-12(3)23)20(26)29-16(18)7-21(4)17(24)6-14(10)30-21/h6-7,10,15,22H,2,5,8-9H2,1,3-4H3. The first-order valence-electron chi connectivity index (χ1n) is 9.32. The number of allylic oxidation sites excluding steroid dienone is 1. The number of rotatable bonds is 5. The minimum Gasteiger partial charge on any atom is -0.479 e. The predicted molar refractivity (Wildman–Crippen MR) is 100 cm³/mol. The van der Waals surface area contributed by atoms with E-state index in [9.17, 15) is 24.3 Å². The number of ketones is 1. The van der Waals surface area contributed by atoms with E-state index < -0.39 is 42.8 Å². The first kappa shape index (κ1) is 21.5. The number of aliphatic hydroxyl groups is 1. The molecule has 0 aromatic carbocycles. The lowest BCUT2D eigenvalue weighted by molar-refractivity contribution is -0.144. The van der Waals surface area contributed by atoms with Crippen LogP contribution in [0.1, 0.15) is 27.2 Å². The van der Waals surface area contributed by atoms with Crippen molar-refractivity contribution in [1.29, 1.82) is 0 Å². The number of fused-ring (bicyclic) bond motifs is 3. The van der Waals surface area contributed by atoms with Gasteiger partial charge in [-0.15, -0.1) is 0 Å². The van der Waals surface area contributed by atoms with Crippen LogP contribution in [0.5, 0.6) is 0 Å². The van der Waals surface area contributed by atoms with Crippen LogP contribution in [0, 0.1) is 5.92 Å². The van der Waals surface area contributed by atoms with Gasteiger partial charge in [0.1, 0.15) is 24.2 Å². The topological polar surface area (TPSA) is 125 Å². The highest BCUT2D eigenvalue weighted by molar-refractivity contribution is 6.02. The Bertz CT molecular complexity index is 936. The Balaban J connectivity index is 2.12. The molecule has 0 saturated carbocycles. The summed E-state index contributed by atoms with van der Waals surface area (Å²) >= 11 is 0. The first-order valence-corrected chi connectivity index (χ1v) is 9.32. The Morgan fingerprint density at radius 2 is 2.07 bits per heavy atom. The third kappa shape index (κ3) is 3.93. The summed E-state index contributed by atoms with van der Waals surface area (Å²) in [5, 5.41) is 9.18. The zero-order valence-electron chi connectivity index (χ0n) is 16.9. The van der Waals surface area contributed by atoms with E-state index in [1.54, 1.807) is 6.92 Å². The van der Waals surface area contributed by atoms with E-state index in [1.807, 2.05) is 0 Å². The highest BCUT2D eigenvalue weighted by atomic mass is 16.6. The normalized spacial score (nSPS) is 27.6. The number of carbonyl (C=O) groups excluding carboxylic acids is 4. The van der Waals surface area contributed by atoms with E-state index in [0.717, 1.165) is 0 Å². The van der Waals surface area contributed by atoms with Crippen molar-refractivity contribution >= 4 is 23.7 Å². The molecule has 3 aliphatic heterocycles. The van der Waals surface area contributed by atoms with E-state index in [-0.39, 0.29) is 40.6 Å². The summed E-state index contributed by atoms with van der Waals surface area (Å²) in [5.74, 6) is -2.51. The molecule has 9 nitrogen and oxygen atoms in total. The molecule has 3 heterocycles. The lowest BCUT2D eigenvalue weighted by Gasteiger charge is -2.23. The average Bonchev–Trinajstić information content (AvgIpc) is 3.14. The van der Waals surface area contributed by atoms with Gasteiger partial charge in [-0.2, -0.15) is 0 Å². The summed E-state index contributed by atoms with van der Waals surface area (Å²) in [4.78, 5) is 48.6. The fourth-order valence-electron chi connectivity index (χ4n) is 3.38. The van der Waals surface area contributed by atoms with Crippen molar-refractivity contribution in [2.75, 3.05) is 13.2 Å². The fourth-order valence-corrected chi connectivity index (χ4v) is 3.38. The number of aliphatic hydroxyl groups excluding tert-OH is 1. The van der Waals surface area contributed by atoms with Crippen molar-refractivity contribution in [1.82, 2.24) is 0 Å². The van der Waals surface area contributed by atoms with Crippen molar-refractivity contribution in [3.05, 3.63) is 47.0 Å². The Kier molecular flexibility index (Phi) is 5.67. The van der Waals surface area contributed by atoms with Crippen molar-refractivity contribution in [2.45, 2.75) is 38.9 Å². The molecule has 0 aliphatic carbocycles. The van der Waals surface area contributed by atoms with Crippen LogP contribution in [0.3, 0.4) is 0 Å². The molecule has 0 aromatic rings. The van der Waals surface area contributed by atoms with Crippen molar-refractivity contribution < 1.29 is 43.2 Å². The molecule has 9 heteroatoms. The zero-order chi connectivity index (χ0) is 22.2. The van der Waals surface area contributed by atoms with Gasteiger partial charge in [0.2, 0.25) is 5.78 Å². The highest BCUT2D eigenvalue weighted by Gasteiger charge is 2.47. The molecule has 3 atom stereocenters. The second-order valence-electron chi connectivity index (χ2n) is 7.48. The van der Waals surface area contributed by atoms with Gasteiger partial charge in [-0.3, -0.25) is 9.59 Å². The van der Waals surface area contributed by atoms with Gasteiger partial charge in [-0.25, -0.2) is 9.59 Å². The minimum atomic E-state index is -1.39. The monoisotopic (exact) mass is 418 g/mol. The van der Waals surface area contributed by atoms with Crippen LogP contribution < -0.4 is 0 Å². The van der Waals surface area contributed by atoms with Crippen LogP contribution in [-0.2, 0) is 38.1 Å². The van der Waals surface area contributed by atoms with E-state index >= 15 is 0 Å². The molecule has 0 fully saturated rings. The maximum Gasteiger partial charge on any atom is 0.343 e. The van der Waals surface area contributed by atoms with E-state index in [1.165, 1.54) is 26.0 Å². The van der Waals surface area contributed by atoms with E-state index in [0.29, 0.717) is 5.76 Å². The molecule has 0 spiro atoms. The molecular weight excluding hydrogens is 396 g/mol. The minimum absolute atomic E-state index is 0.00105. The third-order valence-electron chi connectivity index (χ3n) is 5.06. The summed E-state index contributed by atoms with van der Waals surface area (Å²) in [5.41, 5.74) is -1.37. The van der Waals surface area contributed by atoms with Gasteiger partial charge in [0, 0.05) is 30.6 Å². The Hall–Kier alpha value is -3.20.